The number of H-pyrrole nitrogens is 1. The number of fused-ring (bicyclic) bond motifs is 1. The molecule has 0 spiro atoms. The molecule has 2 aromatic rings. The van der Waals surface area contributed by atoms with Gasteiger partial charge < -0.3 is 9.88 Å². The first-order chi connectivity index (χ1) is 15.2. The van der Waals surface area contributed by atoms with Gasteiger partial charge in [-0.05, 0) is 37.3 Å². The molecule has 1 amide bonds. The summed E-state index contributed by atoms with van der Waals surface area (Å²) in [5.41, 5.74) is 2.88. The van der Waals surface area contributed by atoms with E-state index in [0.717, 1.165) is 62.4 Å². The highest BCUT2D eigenvalue weighted by Crippen LogP contribution is 2.30. The lowest BCUT2D eigenvalue weighted by atomic mass is 9.88. The smallest absolute Gasteiger partial charge is 0.254 e. The summed E-state index contributed by atoms with van der Waals surface area (Å²) in [6.45, 7) is 3.78. The summed E-state index contributed by atoms with van der Waals surface area (Å²) >= 11 is 0. The Morgan fingerprint density at radius 3 is 2.84 bits per heavy atom. The van der Waals surface area contributed by atoms with Crippen molar-refractivity contribution in [2.24, 2.45) is 5.92 Å². The summed E-state index contributed by atoms with van der Waals surface area (Å²) < 4.78 is 0. The second kappa shape index (κ2) is 8.91. The van der Waals surface area contributed by atoms with E-state index in [0.29, 0.717) is 19.0 Å². The third-order valence-electron chi connectivity index (χ3n) is 7.14. The number of carbonyl (C=O) groups is 1. The molecule has 1 unspecified atom stereocenters. The molecule has 1 N–H and O–H groups in total. The van der Waals surface area contributed by atoms with E-state index >= 15 is 0 Å². The number of carbonyl (C=O) groups excluding carboxylic acids is 1. The Labute approximate surface area is 182 Å². The van der Waals surface area contributed by atoms with E-state index in [1.54, 1.807) is 6.20 Å². The van der Waals surface area contributed by atoms with Crippen LogP contribution in [0.15, 0.2) is 29.3 Å². The molecule has 2 aliphatic heterocycles. The number of rotatable bonds is 4. The number of nitrogens with zero attached hydrogens (tertiary/aromatic N) is 4. The zero-order valence-electron chi connectivity index (χ0n) is 18.1. The molecule has 1 atom stereocenters. The van der Waals surface area contributed by atoms with E-state index in [2.05, 4.69) is 20.9 Å². The second-order valence-corrected chi connectivity index (χ2v) is 9.30. The maximum atomic E-state index is 12.9. The van der Waals surface area contributed by atoms with Gasteiger partial charge in [0.2, 0.25) is 5.91 Å². The summed E-state index contributed by atoms with van der Waals surface area (Å²) in [5.74, 6) is 1.39. The van der Waals surface area contributed by atoms with Crippen LogP contribution in [0.1, 0.15) is 67.1 Å². The summed E-state index contributed by atoms with van der Waals surface area (Å²) in [4.78, 5) is 42.2. The predicted octanol–water partition coefficient (Wildman–Crippen LogP) is 2.62. The van der Waals surface area contributed by atoms with Crippen LogP contribution in [-0.4, -0.2) is 50.3 Å². The van der Waals surface area contributed by atoms with Crippen molar-refractivity contribution in [2.75, 3.05) is 19.6 Å². The molecule has 1 saturated carbocycles. The number of aromatic nitrogens is 3. The van der Waals surface area contributed by atoms with Gasteiger partial charge in [-0.2, -0.15) is 0 Å². The second-order valence-electron chi connectivity index (χ2n) is 9.30. The lowest BCUT2D eigenvalue weighted by Gasteiger charge is -2.28. The Morgan fingerprint density at radius 1 is 1.16 bits per heavy atom. The third-order valence-corrected chi connectivity index (χ3v) is 7.14. The molecule has 3 aliphatic rings. The minimum atomic E-state index is -0.00177. The van der Waals surface area contributed by atoms with Gasteiger partial charge >= 0.3 is 0 Å². The first-order valence-electron chi connectivity index (χ1n) is 11.7. The van der Waals surface area contributed by atoms with Gasteiger partial charge in [0.1, 0.15) is 5.82 Å². The highest BCUT2D eigenvalue weighted by molar-refractivity contribution is 5.79. The Balaban J connectivity index is 1.28. The molecule has 1 aliphatic carbocycles. The fraction of sp³-hybridized carbons (Fsp3) is 0.583. The normalized spacial score (nSPS) is 22.5. The predicted molar refractivity (Wildman–Crippen MR) is 117 cm³/mol. The summed E-state index contributed by atoms with van der Waals surface area (Å²) in [5, 5.41) is 0. The molecule has 7 nitrogen and oxygen atoms in total. The van der Waals surface area contributed by atoms with E-state index in [-0.39, 0.29) is 17.4 Å². The first kappa shape index (κ1) is 20.4. The van der Waals surface area contributed by atoms with Crippen molar-refractivity contribution in [3.63, 3.8) is 0 Å². The van der Waals surface area contributed by atoms with Gasteiger partial charge in [-0.25, -0.2) is 4.98 Å². The maximum absolute atomic E-state index is 12.9. The van der Waals surface area contributed by atoms with Crippen molar-refractivity contribution < 1.29 is 4.79 Å². The molecule has 7 heteroatoms. The zero-order chi connectivity index (χ0) is 21.2. The minimum Gasteiger partial charge on any atom is -0.342 e. The van der Waals surface area contributed by atoms with Crippen LogP contribution in [-0.2, 0) is 24.3 Å². The van der Waals surface area contributed by atoms with E-state index in [1.807, 2.05) is 17.2 Å². The fourth-order valence-electron chi connectivity index (χ4n) is 5.38. The van der Waals surface area contributed by atoms with Crippen molar-refractivity contribution in [2.45, 2.75) is 64.0 Å². The van der Waals surface area contributed by atoms with E-state index in [4.69, 9.17) is 4.98 Å². The van der Waals surface area contributed by atoms with Crippen LogP contribution in [0.3, 0.4) is 0 Å². The highest BCUT2D eigenvalue weighted by Gasteiger charge is 2.34. The van der Waals surface area contributed by atoms with Gasteiger partial charge in [0.05, 0.1) is 5.69 Å². The van der Waals surface area contributed by atoms with Crippen molar-refractivity contribution in [3.8, 4) is 0 Å². The van der Waals surface area contributed by atoms with E-state index in [9.17, 15) is 9.59 Å². The van der Waals surface area contributed by atoms with Gasteiger partial charge in [-0.3, -0.25) is 19.5 Å². The molecular formula is C24H31N5O2. The van der Waals surface area contributed by atoms with E-state index < -0.39 is 0 Å². The molecule has 164 valence electrons. The maximum Gasteiger partial charge on any atom is 0.254 e. The molecule has 2 fully saturated rings. The molecule has 0 bridgehead atoms. The SMILES string of the molecule is O=C(C1CCCCC1)N1CCC(c2nc3c(c(=O)[nH]2)CCN(Cc2cccnc2)C3)C1. The van der Waals surface area contributed by atoms with Crippen LogP contribution in [0.2, 0.25) is 0 Å². The zero-order valence-corrected chi connectivity index (χ0v) is 18.1. The summed E-state index contributed by atoms with van der Waals surface area (Å²) in [6.07, 6.45) is 10.9. The molecule has 31 heavy (non-hydrogen) atoms. The monoisotopic (exact) mass is 421 g/mol. The van der Waals surface area contributed by atoms with Crippen molar-refractivity contribution in [1.82, 2.24) is 24.8 Å². The average molecular weight is 422 g/mol. The Kier molecular flexibility index (Phi) is 5.85. The van der Waals surface area contributed by atoms with Gasteiger partial charge in [-0.1, -0.05) is 25.3 Å². The van der Waals surface area contributed by atoms with Gasteiger partial charge in [0.25, 0.3) is 5.56 Å². The minimum absolute atomic E-state index is 0.00177. The van der Waals surface area contributed by atoms with Crippen LogP contribution in [0.5, 0.6) is 0 Å². The van der Waals surface area contributed by atoms with Gasteiger partial charge in [0, 0.05) is 62.5 Å². The van der Waals surface area contributed by atoms with Crippen molar-refractivity contribution in [3.05, 3.63) is 57.5 Å². The first-order valence-corrected chi connectivity index (χ1v) is 11.7. The van der Waals surface area contributed by atoms with Crippen LogP contribution < -0.4 is 5.56 Å². The number of hydrogen-bond donors (Lipinski definition) is 1. The fourth-order valence-corrected chi connectivity index (χ4v) is 5.38. The molecule has 2 aromatic heterocycles. The summed E-state index contributed by atoms with van der Waals surface area (Å²) in [6, 6.07) is 4.03. The number of pyridine rings is 1. The van der Waals surface area contributed by atoms with Gasteiger partial charge in [0.15, 0.2) is 0 Å². The lowest BCUT2D eigenvalue weighted by molar-refractivity contribution is -0.135. The van der Waals surface area contributed by atoms with Crippen LogP contribution >= 0.6 is 0 Å². The molecule has 4 heterocycles. The number of hydrogen-bond acceptors (Lipinski definition) is 5. The van der Waals surface area contributed by atoms with Crippen molar-refractivity contribution in [1.29, 1.82) is 0 Å². The van der Waals surface area contributed by atoms with Crippen LogP contribution in [0.25, 0.3) is 0 Å². The van der Waals surface area contributed by atoms with Gasteiger partial charge in [-0.15, -0.1) is 0 Å². The highest BCUT2D eigenvalue weighted by atomic mass is 16.2. The number of likely N-dealkylation sites (tertiary alicyclic amines) is 1. The van der Waals surface area contributed by atoms with Crippen molar-refractivity contribution >= 4 is 5.91 Å². The molecule has 0 radical (unpaired) electrons. The standard InChI is InChI=1S/C24H31N5O2/c30-23-20-9-11-28(14-17-5-4-10-25-13-17)16-21(20)26-22(27-23)19-8-12-29(15-19)24(31)18-6-2-1-3-7-18/h4-5,10,13,18-19H,1-3,6-9,11-12,14-16H2,(H,26,27,30). The number of amides is 1. The number of nitrogens with one attached hydrogen (secondary N) is 1. The van der Waals surface area contributed by atoms with E-state index in [1.165, 1.54) is 24.8 Å². The molecule has 5 rings (SSSR count). The lowest BCUT2D eigenvalue weighted by Crippen LogP contribution is -2.36. The topological polar surface area (TPSA) is 82.2 Å². The Bertz CT molecular complexity index is 983. The quantitative estimate of drug-likeness (QED) is 0.821. The number of aromatic amines is 1. The Hall–Kier alpha value is -2.54. The Morgan fingerprint density at radius 2 is 2.03 bits per heavy atom. The molecular weight excluding hydrogens is 390 g/mol. The molecule has 1 saturated heterocycles. The third kappa shape index (κ3) is 4.42. The largest absolute Gasteiger partial charge is 0.342 e. The average Bonchev–Trinajstić information content (AvgIpc) is 3.30. The molecule has 0 aromatic carbocycles. The summed E-state index contributed by atoms with van der Waals surface area (Å²) in [7, 11) is 0. The van der Waals surface area contributed by atoms with Crippen LogP contribution in [0, 0.1) is 5.92 Å². The van der Waals surface area contributed by atoms with Crippen LogP contribution in [0.4, 0.5) is 0 Å².